The topological polar surface area (TPSA) is 12.5 Å². The Morgan fingerprint density at radius 2 is 1.77 bits per heavy atom. The van der Waals surface area contributed by atoms with Gasteiger partial charge in [-0.3, -0.25) is 0 Å². The molecular formula is C8H16F3NO. The Morgan fingerprint density at radius 3 is 2.08 bits per heavy atom. The summed E-state index contributed by atoms with van der Waals surface area (Å²) < 4.78 is 39.2. The van der Waals surface area contributed by atoms with Gasteiger partial charge in [0.05, 0.1) is 6.10 Å². The first-order valence-electron chi connectivity index (χ1n) is 4.34. The highest BCUT2D eigenvalue weighted by Gasteiger charge is 2.32. The zero-order valence-corrected chi connectivity index (χ0v) is 8.19. The number of likely N-dealkylation sites (N-methyl/N-ethyl adjacent to an activating group) is 1. The molecule has 0 radical (unpaired) electrons. The molecule has 1 aliphatic heterocycles. The van der Waals surface area contributed by atoms with E-state index in [0.717, 1.165) is 0 Å². The number of hydrogen-bond donors (Lipinski definition) is 0. The molecule has 1 saturated heterocycles. The van der Waals surface area contributed by atoms with Gasteiger partial charge in [-0.1, -0.05) is 13.8 Å². The molecule has 0 saturated carbocycles. The van der Waals surface area contributed by atoms with E-state index in [4.69, 9.17) is 0 Å². The van der Waals surface area contributed by atoms with Crippen LogP contribution >= 0.6 is 0 Å². The third-order valence-corrected chi connectivity index (χ3v) is 1.51. The lowest BCUT2D eigenvalue weighted by molar-refractivity contribution is -0.197. The van der Waals surface area contributed by atoms with Crippen molar-refractivity contribution in [1.29, 1.82) is 0 Å². The highest BCUT2D eigenvalue weighted by Crippen LogP contribution is 2.17. The number of alkyl halides is 3. The molecule has 0 bridgehead atoms. The zero-order valence-electron chi connectivity index (χ0n) is 8.19. The van der Waals surface area contributed by atoms with Crippen LogP contribution in [0.3, 0.4) is 0 Å². The van der Waals surface area contributed by atoms with Crippen LogP contribution in [0, 0.1) is 0 Å². The first-order chi connectivity index (χ1) is 5.97. The quantitative estimate of drug-likeness (QED) is 0.673. The molecule has 1 fully saturated rings. The Hall–Kier alpha value is -0.290. The molecule has 0 unspecified atom stereocenters. The lowest BCUT2D eigenvalue weighted by Crippen LogP contribution is -2.50. The van der Waals surface area contributed by atoms with E-state index in [-0.39, 0.29) is 6.10 Å². The van der Waals surface area contributed by atoms with Crippen molar-refractivity contribution in [3.8, 4) is 0 Å². The van der Waals surface area contributed by atoms with Gasteiger partial charge in [0.25, 0.3) is 0 Å². The molecule has 1 rings (SSSR count). The standard InChI is InChI=1S/C6H10F3NO.C2H6/c1-10-2-5(3-10)11-4-6(7,8)9;1-2/h5H,2-4H2,1H3;1-2H3. The third kappa shape index (κ3) is 5.87. The fourth-order valence-electron chi connectivity index (χ4n) is 0.960. The molecule has 5 heteroatoms. The lowest BCUT2D eigenvalue weighted by Gasteiger charge is -2.35. The Bertz CT molecular complexity index is 132. The zero-order chi connectivity index (χ0) is 10.5. The highest BCUT2D eigenvalue weighted by molar-refractivity contribution is 4.77. The molecular weight excluding hydrogens is 183 g/mol. The molecule has 0 amide bonds. The monoisotopic (exact) mass is 199 g/mol. The van der Waals surface area contributed by atoms with Gasteiger partial charge in [-0.2, -0.15) is 13.2 Å². The van der Waals surface area contributed by atoms with Crippen molar-refractivity contribution in [3.05, 3.63) is 0 Å². The van der Waals surface area contributed by atoms with Crippen LogP contribution in [-0.4, -0.2) is 43.9 Å². The van der Waals surface area contributed by atoms with Gasteiger partial charge in [-0.15, -0.1) is 0 Å². The second-order valence-electron chi connectivity index (χ2n) is 2.77. The van der Waals surface area contributed by atoms with Crippen molar-refractivity contribution >= 4 is 0 Å². The highest BCUT2D eigenvalue weighted by atomic mass is 19.4. The maximum atomic E-state index is 11.5. The summed E-state index contributed by atoms with van der Waals surface area (Å²) in [5, 5.41) is 0. The van der Waals surface area contributed by atoms with Gasteiger partial charge in [-0.05, 0) is 7.05 Å². The summed E-state index contributed by atoms with van der Waals surface area (Å²) in [7, 11) is 1.84. The van der Waals surface area contributed by atoms with Crippen LogP contribution in [-0.2, 0) is 4.74 Å². The minimum Gasteiger partial charge on any atom is -0.366 e. The molecule has 0 aromatic carbocycles. The minimum atomic E-state index is -4.19. The van der Waals surface area contributed by atoms with E-state index in [0.29, 0.717) is 13.1 Å². The molecule has 80 valence electrons. The van der Waals surface area contributed by atoms with Crippen molar-refractivity contribution in [1.82, 2.24) is 4.90 Å². The van der Waals surface area contributed by atoms with Gasteiger partial charge in [0.15, 0.2) is 0 Å². The van der Waals surface area contributed by atoms with Crippen LogP contribution in [0.15, 0.2) is 0 Å². The predicted molar refractivity (Wildman–Crippen MR) is 44.6 cm³/mol. The van der Waals surface area contributed by atoms with Gasteiger partial charge in [0.1, 0.15) is 6.61 Å². The van der Waals surface area contributed by atoms with Gasteiger partial charge in [0, 0.05) is 13.1 Å². The van der Waals surface area contributed by atoms with E-state index in [2.05, 4.69) is 4.74 Å². The molecule has 0 spiro atoms. The first kappa shape index (κ1) is 12.7. The second-order valence-corrected chi connectivity index (χ2v) is 2.77. The number of ether oxygens (including phenoxy) is 1. The molecule has 1 heterocycles. The van der Waals surface area contributed by atoms with E-state index in [9.17, 15) is 13.2 Å². The van der Waals surface area contributed by atoms with E-state index in [1.165, 1.54) is 0 Å². The molecule has 2 nitrogen and oxygen atoms in total. The SMILES string of the molecule is CC.CN1CC(OCC(F)(F)F)C1. The Kier molecular flexibility index (Phi) is 5.32. The molecule has 1 aliphatic rings. The molecule has 0 aliphatic carbocycles. The largest absolute Gasteiger partial charge is 0.411 e. The van der Waals surface area contributed by atoms with Crippen LogP contribution in [0.25, 0.3) is 0 Å². The molecule has 13 heavy (non-hydrogen) atoms. The average molecular weight is 199 g/mol. The van der Waals surface area contributed by atoms with E-state index in [1.54, 1.807) is 0 Å². The van der Waals surface area contributed by atoms with E-state index < -0.39 is 12.8 Å². The first-order valence-corrected chi connectivity index (χ1v) is 4.34. The normalized spacial score (nSPS) is 18.9. The second kappa shape index (κ2) is 5.44. The van der Waals surface area contributed by atoms with Crippen molar-refractivity contribution in [3.63, 3.8) is 0 Å². The average Bonchev–Trinajstić information content (AvgIpc) is 1.98. The van der Waals surface area contributed by atoms with Gasteiger partial charge >= 0.3 is 6.18 Å². The smallest absolute Gasteiger partial charge is 0.366 e. The summed E-state index contributed by atoms with van der Waals surface area (Å²) >= 11 is 0. The number of likely N-dealkylation sites (tertiary alicyclic amines) is 1. The van der Waals surface area contributed by atoms with Crippen molar-refractivity contribution < 1.29 is 17.9 Å². The number of halogens is 3. The van der Waals surface area contributed by atoms with Crippen molar-refractivity contribution in [2.24, 2.45) is 0 Å². The minimum absolute atomic E-state index is 0.221. The van der Waals surface area contributed by atoms with Crippen molar-refractivity contribution in [2.75, 3.05) is 26.7 Å². The number of hydrogen-bond acceptors (Lipinski definition) is 2. The molecule has 0 aromatic rings. The summed E-state index contributed by atoms with van der Waals surface area (Å²) in [5.74, 6) is 0. The Morgan fingerprint density at radius 1 is 1.31 bits per heavy atom. The Balaban J connectivity index is 0.000000671. The fraction of sp³-hybridized carbons (Fsp3) is 1.00. The number of nitrogens with zero attached hydrogens (tertiary/aromatic N) is 1. The summed E-state index contributed by atoms with van der Waals surface area (Å²) in [5.41, 5.74) is 0. The summed E-state index contributed by atoms with van der Waals surface area (Å²) in [6, 6.07) is 0. The van der Waals surface area contributed by atoms with Crippen LogP contribution in [0.5, 0.6) is 0 Å². The van der Waals surface area contributed by atoms with Crippen LogP contribution in [0.1, 0.15) is 13.8 Å². The maximum absolute atomic E-state index is 11.5. The summed E-state index contributed by atoms with van der Waals surface area (Å²) in [4.78, 5) is 1.90. The van der Waals surface area contributed by atoms with Crippen molar-refractivity contribution in [2.45, 2.75) is 26.1 Å². The van der Waals surface area contributed by atoms with E-state index >= 15 is 0 Å². The Labute approximate surface area is 76.7 Å². The molecule has 0 N–H and O–H groups in total. The third-order valence-electron chi connectivity index (χ3n) is 1.51. The van der Waals surface area contributed by atoms with Gasteiger partial charge in [0.2, 0.25) is 0 Å². The van der Waals surface area contributed by atoms with E-state index in [1.807, 2.05) is 25.8 Å². The van der Waals surface area contributed by atoms with Crippen LogP contribution < -0.4 is 0 Å². The van der Waals surface area contributed by atoms with Crippen LogP contribution in [0.4, 0.5) is 13.2 Å². The number of rotatable bonds is 2. The lowest BCUT2D eigenvalue weighted by atomic mass is 10.2. The summed E-state index contributed by atoms with van der Waals surface area (Å²) in [6.45, 7) is 4.09. The van der Waals surface area contributed by atoms with Gasteiger partial charge < -0.3 is 9.64 Å². The summed E-state index contributed by atoms with van der Waals surface area (Å²) in [6.07, 6.45) is -4.41. The molecule has 0 atom stereocenters. The predicted octanol–water partition coefficient (Wildman–Crippen LogP) is 1.91. The fourth-order valence-corrected chi connectivity index (χ4v) is 0.960. The van der Waals surface area contributed by atoms with Crippen LogP contribution in [0.2, 0.25) is 0 Å². The molecule has 0 aromatic heterocycles. The van der Waals surface area contributed by atoms with Gasteiger partial charge in [-0.25, -0.2) is 0 Å². The maximum Gasteiger partial charge on any atom is 0.411 e.